The van der Waals surface area contributed by atoms with E-state index in [9.17, 15) is 19.8 Å². The molecule has 4 aliphatic carbocycles. The Morgan fingerprint density at radius 3 is 2.65 bits per heavy atom. The minimum atomic E-state index is -2.16. The van der Waals surface area contributed by atoms with Crippen molar-refractivity contribution in [3.8, 4) is 0 Å². The summed E-state index contributed by atoms with van der Waals surface area (Å²) in [4.78, 5) is 27.2. The molecule has 2 saturated heterocycles. The van der Waals surface area contributed by atoms with Gasteiger partial charge in [0, 0.05) is 21.7 Å². The van der Waals surface area contributed by atoms with Crippen molar-refractivity contribution < 1.29 is 29.3 Å². The second-order valence-electron chi connectivity index (χ2n) is 11.4. The fourth-order valence-electron chi connectivity index (χ4n) is 8.32. The van der Waals surface area contributed by atoms with Gasteiger partial charge in [0.2, 0.25) is 5.79 Å². The number of aliphatic hydroxyl groups is 2. The third-order valence-corrected chi connectivity index (χ3v) is 10.1. The van der Waals surface area contributed by atoms with E-state index in [1.807, 2.05) is 0 Å². The minimum absolute atomic E-state index is 0.218. The number of Topliss-reactive ketones (excluding diaryl/α,β-unsaturated/α-hetero) is 1. The van der Waals surface area contributed by atoms with Crippen LogP contribution in [0.25, 0.3) is 0 Å². The summed E-state index contributed by atoms with van der Waals surface area (Å²) in [7, 11) is 0. The predicted octanol–water partition coefficient (Wildman–Crippen LogP) is 3.81. The second kappa shape index (κ2) is 6.90. The molecule has 7 rings (SSSR count). The van der Waals surface area contributed by atoms with E-state index in [0.717, 1.165) is 10.9 Å². The Balaban J connectivity index is 1.52. The van der Waals surface area contributed by atoms with Gasteiger partial charge >= 0.3 is 5.97 Å². The van der Waals surface area contributed by atoms with Gasteiger partial charge in [-0.2, -0.15) is 0 Å². The van der Waals surface area contributed by atoms with Crippen LogP contribution in [0.1, 0.15) is 43.5 Å². The highest BCUT2D eigenvalue weighted by atomic mass is 79.9. The van der Waals surface area contributed by atoms with Crippen molar-refractivity contribution in [2.24, 2.45) is 34.0 Å². The second-order valence-corrected chi connectivity index (χ2v) is 12.3. The average molecular weight is 529 g/mol. The van der Waals surface area contributed by atoms with Crippen molar-refractivity contribution in [1.82, 2.24) is 0 Å². The van der Waals surface area contributed by atoms with Crippen LogP contribution in [-0.4, -0.2) is 46.6 Å². The van der Waals surface area contributed by atoms with Crippen LogP contribution in [-0.2, 0) is 14.3 Å². The zero-order valence-corrected chi connectivity index (χ0v) is 20.9. The van der Waals surface area contributed by atoms with Crippen LogP contribution in [0.5, 0.6) is 0 Å². The van der Waals surface area contributed by atoms with Crippen molar-refractivity contribution in [1.29, 1.82) is 0 Å². The maximum Gasteiger partial charge on any atom is 0.338 e. The molecule has 7 heteroatoms. The molecule has 34 heavy (non-hydrogen) atoms. The number of hydrogen-bond acceptors (Lipinski definition) is 6. The first-order valence-corrected chi connectivity index (χ1v) is 12.7. The Morgan fingerprint density at radius 1 is 1.24 bits per heavy atom. The molecule has 6 aliphatic rings. The van der Waals surface area contributed by atoms with Gasteiger partial charge in [0.1, 0.15) is 17.6 Å². The molecular weight excluding hydrogens is 500 g/mol. The number of carbonyl (C=O) groups is 2. The number of aliphatic hydroxyl groups excluding tert-OH is 1. The van der Waals surface area contributed by atoms with Gasteiger partial charge in [-0.15, -0.1) is 0 Å². The average Bonchev–Trinajstić information content (AvgIpc) is 2.90. The standard InChI is InChI=1S/C27H29BrO6/c1-14-17-9-10-18-25-12-4-11-24(2,3)19(25)21(30)27(32,33-13-25)26(18,20(14)29)22(17)34-23(31)15-5-7-16(28)8-6-15/h4-8,12,17-19,21-22,30,32H,1,9-11,13H2,2-3H3/t17-,18-,19+,21-,22+,25+,26-,27-/m0/s1. The normalized spacial score (nSPS) is 45.6. The lowest BCUT2D eigenvalue weighted by Gasteiger charge is -2.72. The lowest BCUT2D eigenvalue weighted by atomic mass is 9.37. The summed E-state index contributed by atoms with van der Waals surface area (Å²) in [5.74, 6) is -4.12. The van der Waals surface area contributed by atoms with Gasteiger partial charge in [0.15, 0.2) is 5.78 Å². The Labute approximate surface area is 207 Å². The van der Waals surface area contributed by atoms with E-state index in [4.69, 9.17) is 9.47 Å². The Morgan fingerprint density at radius 2 is 1.94 bits per heavy atom. The maximum atomic E-state index is 14.0. The van der Waals surface area contributed by atoms with Crippen LogP contribution in [0.3, 0.4) is 0 Å². The maximum absolute atomic E-state index is 14.0. The fraction of sp³-hybridized carbons (Fsp3) is 0.556. The Hall–Kier alpha value is -1.80. The first-order chi connectivity index (χ1) is 16.0. The number of esters is 1. The van der Waals surface area contributed by atoms with E-state index >= 15 is 0 Å². The molecule has 0 unspecified atom stereocenters. The number of rotatable bonds is 2. The lowest BCUT2D eigenvalue weighted by Crippen LogP contribution is -2.83. The summed E-state index contributed by atoms with van der Waals surface area (Å²) in [5.41, 5.74) is -1.83. The van der Waals surface area contributed by atoms with E-state index in [-0.39, 0.29) is 29.6 Å². The van der Waals surface area contributed by atoms with Crippen LogP contribution < -0.4 is 0 Å². The van der Waals surface area contributed by atoms with Gasteiger partial charge in [-0.3, -0.25) is 4.79 Å². The monoisotopic (exact) mass is 528 g/mol. The molecule has 6 nitrogen and oxygen atoms in total. The molecule has 2 N–H and O–H groups in total. The van der Waals surface area contributed by atoms with E-state index in [0.29, 0.717) is 24.0 Å². The highest BCUT2D eigenvalue weighted by molar-refractivity contribution is 9.10. The predicted molar refractivity (Wildman–Crippen MR) is 127 cm³/mol. The number of fused-ring (bicyclic) bond motifs is 2. The van der Waals surface area contributed by atoms with Gasteiger partial charge in [-0.1, -0.05) is 48.5 Å². The number of ketones is 1. The van der Waals surface area contributed by atoms with Gasteiger partial charge in [0.25, 0.3) is 0 Å². The summed E-state index contributed by atoms with van der Waals surface area (Å²) < 4.78 is 13.0. The van der Waals surface area contributed by atoms with Crippen LogP contribution in [0.4, 0.5) is 0 Å². The lowest BCUT2D eigenvalue weighted by molar-refractivity contribution is -0.436. The van der Waals surface area contributed by atoms with Crippen LogP contribution in [0.15, 0.2) is 53.0 Å². The van der Waals surface area contributed by atoms with Crippen molar-refractivity contribution in [2.75, 3.05) is 6.61 Å². The van der Waals surface area contributed by atoms with Gasteiger partial charge in [0.05, 0.1) is 12.2 Å². The quantitative estimate of drug-likeness (QED) is 0.344. The molecule has 1 aromatic rings. The number of carbonyl (C=O) groups excluding carboxylic acids is 2. The van der Waals surface area contributed by atoms with E-state index < -0.39 is 40.7 Å². The van der Waals surface area contributed by atoms with Crippen molar-refractivity contribution in [3.05, 3.63) is 58.6 Å². The third kappa shape index (κ3) is 2.42. The topological polar surface area (TPSA) is 93.1 Å². The molecule has 0 amide bonds. The molecule has 2 spiro atoms. The molecule has 2 aliphatic heterocycles. The van der Waals surface area contributed by atoms with Gasteiger partial charge in [-0.05, 0) is 60.4 Å². The number of hydrogen-bond donors (Lipinski definition) is 2. The van der Waals surface area contributed by atoms with Crippen molar-refractivity contribution in [2.45, 2.75) is 51.1 Å². The van der Waals surface area contributed by atoms with Crippen LogP contribution in [0, 0.1) is 34.0 Å². The van der Waals surface area contributed by atoms with Crippen molar-refractivity contribution in [3.63, 3.8) is 0 Å². The number of benzene rings is 1. The summed E-state index contributed by atoms with van der Waals surface area (Å²) in [6.45, 7) is 8.46. The summed E-state index contributed by atoms with van der Waals surface area (Å²) in [6.07, 6.45) is 4.00. The molecular formula is C27H29BrO6. The highest BCUT2D eigenvalue weighted by Crippen LogP contribution is 2.75. The Bertz CT molecular complexity index is 1140. The third-order valence-electron chi connectivity index (χ3n) is 9.55. The summed E-state index contributed by atoms with van der Waals surface area (Å²) in [6, 6.07) is 6.80. The summed E-state index contributed by atoms with van der Waals surface area (Å²) >= 11 is 3.37. The molecule has 1 aromatic carbocycles. The van der Waals surface area contributed by atoms with E-state index in [1.54, 1.807) is 24.3 Å². The minimum Gasteiger partial charge on any atom is -0.457 e. The number of halogens is 1. The molecule has 180 valence electrons. The smallest absolute Gasteiger partial charge is 0.338 e. The zero-order valence-electron chi connectivity index (χ0n) is 19.3. The van der Waals surface area contributed by atoms with Gasteiger partial charge < -0.3 is 19.7 Å². The summed E-state index contributed by atoms with van der Waals surface area (Å²) in [5, 5.41) is 23.9. The number of allylic oxidation sites excluding steroid dienone is 1. The first kappa shape index (κ1) is 22.7. The van der Waals surface area contributed by atoms with Crippen LogP contribution in [0.2, 0.25) is 0 Å². The highest BCUT2D eigenvalue weighted by Gasteiger charge is 2.86. The van der Waals surface area contributed by atoms with E-state index in [2.05, 4.69) is 48.5 Å². The number of ether oxygens (including phenoxy) is 2. The first-order valence-electron chi connectivity index (χ1n) is 11.9. The molecule has 0 aromatic heterocycles. The van der Waals surface area contributed by atoms with Crippen molar-refractivity contribution >= 4 is 27.7 Å². The zero-order chi connectivity index (χ0) is 24.3. The molecule has 5 fully saturated rings. The Kier molecular flexibility index (Phi) is 4.60. The molecule has 2 heterocycles. The molecule has 4 bridgehead atoms. The van der Waals surface area contributed by atoms with Gasteiger partial charge in [-0.25, -0.2) is 4.79 Å². The molecule has 0 radical (unpaired) electrons. The molecule has 8 atom stereocenters. The SMILES string of the molecule is C=C1C(=O)[C@]23[C@H](OC(=O)c4ccc(Br)cc4)[C@H]1CC[C@H]2[C@]12C=CCC(C)(C)[C@H]1[C@H](O)[C@]3(O)OC2. The van der Waals surface area contributed by atoms with Crippen LogP contribution >= 0.6 is 15.9 Å². The fourth-order valence-corrected chi connectivity index (χ4v) is 8.58. The molecule has 3 saturated carbocycles. The van der Waals surface area contributed by atoms with E-state index in [1.165, 1.54) is 0 Å². The largest absolute Gasteiger partial charge is 0.457 e.